The van der Waals surface area contributed by atoms with Gasteiger partial charge in [0.1, 0.15) is 5.00 Å². The van der Waals surface area contributed by atoms with E-state index in [9.17, 15) is 18.0 Å². The summed E-state index contributed by atoms with van der Waals surface area (Å²) >= 11 is 1.39. The van der Waals surface area contributed by atoms with Crippen molar-refractivity contribution in [2.45, 2.75) is 37.5 Å². The number of methoxy groups -OCH3 is 1. The van der Waals surface area contributed by atoms with Crippen LogP contribution in [0.5, 0.6) is 0 Å². The number of rotatable bonds is 6. The summed E-state index contributed by atoms with van der Waals surface area (Å²) in [6.45, 7) is 2.16. The third-order valence-corrected chi connectivity index (χ3v) is 7.76. The van der Waals surface area contributed by atoms with Crippen LogP contribution in [0.3, 0.4) is 0 Å². The quantitative estimate of drug-likeness (QED) is 0.722. The number of carbonyl (C=O) groups is 2. The number of thiophene rings is 1. The Morgan fingerprint density at radius 3 is 2.64 bits per heavy atom. The van der Waals surface area contributed by atoms with E-state index in [0.717, 1.165) is 29.7 Å². The maximum Gasteiger partial charge on any atom is 0.341 e. The fourth-order valence-corrected chi connectivity index (χ4v) is 6.00. The zero-order chi connectivity index (χ0) is 20.3. The molecule has 28 heavy (non-hydrogen) atoms. The number of fused-ring (bicyclic) bond motifs is 1. The lowest BCUT2D eigenvalue weighted by Crippen LogP contribution is -2.19. The lowest BCUT2D eigenvalue weighted by molar-refractivity contribution is -0.115. The van der Waals surface area contributed by atoms with Crippen LogP contribution in [-0.2, 0) is 32.2 Å². The molecule has 3 rings (SSSR count). The van der Waals surface area contributed by atoms with E-state index in [4.69, 9.17) is 4.74 Å². The van der Waals surface area contributed by atoms with E-state index in [1.54, 1.807) is 18.2 Å². The molecule has 0 saturated heterocycles. The molecule has 150 valence electrons. The summed E-state index contributed by atoms with van der Waals surface area (Å²) in [6.07, 6.45) is 2.44. The van der Waals surface area contributed by atoms with Gasteiger partial charge in [0, 0.05) is 11.3 Å². The van der Waals surface area contributed by atoms with Crippen molar-refractivity contribution in [3.05, 3.63) is 46.3 Å². The molecule has 1 N–H and O–H groups in total. The van der Waals surface area contributed by atoms with Crippen LogP contribution in [0.2, 0.25) is 0 Å². The second kappa shape index (κ2) is 8.45. The molecule has 1 aromatic heterocycles. The molecule has 0 aliphatic heterocycles. The molecule has 1 heterocycles. The average molecular weight is 422 g/mol. The number of benzene rings is 1. The molecule has 1 amide bonds. The molecule has 1 atom stereocenters. The summed E-state index contributed by atoms with van der Waals surface area (Å²) in [7, 11) is -2.22. The highest BCUT2D eigenvalue weighted by atomic mass is 32.2. The summed E-state index contributed by atoms with van der Waals surface area (Å²) in [5.41, 5.74) is 1.36. The largest absolute Gasteiger partial charge is 0.465 e. The number of anilines is 1. The van der Waals surface area contributed by atoms with Gasteiger partial charge in [-0.05, 0) is 42.9 Å². The van der Waals surface area contributed by atoms with Crippen molar-refractivity contribution in [2.75, 3.05) is 18.2 Å². The van der Waals surface area contributed by atoms with E-state index in [2.05, 4.69) is 12.2 Å². The van der Waals surface area contributed by atoms with E-state index < -0.39 is 21.7 Å². The van der Waals surface area contributed by atoms with Gasteiger partial charge in [0.2, 0.25) is 5.91 Å². The maximum absolute atomic E-state index is 12.4. The zero-order valence-corrected chi connectivity index (χ0v) is 17.5. The number of amides is 1. The molecule has 1 unspecified atom stereocenters. The summed E-state index contributed by atoms with van der Waals surface area (Å²) in [4.78, 5) is 26.0. The second-order valence-corrected chi connectivity index (χ2v) is 10.2. The first-order valence-corrected chi connectivity index (χ1v) is 11.6. The van der Waals surface area contributed by atoms with E-state index >= 15 is 0 Å². The normalized spacial score (nSPS) is 16.3. The number of hydrogen-bond donors (Lipinski definition) is 1. The first kappa shape index (κ1) is 20.5. The minimum atomic E-state index is -3.54. The molecule has 6 nitrogen and oxygen atoms in total. The van der Waals surface area contributed by atoms with Crippen LogP contribution < -0.4 is 5.32 Å². The van der Waals surface area contributed by atoms with E-state index in [-0.39, 0.29) is 17.1 Å². The smallest absolute Gasteiger partial charge is 0.341 e. The molecule has 8 heteroatoms. The van der Waals surface area contributed by atoms with Crippen molar-refractivity contribution in [1.82, 2.24) is 0 Å². The molecule has 0 bridgehead atoms. The van der Waals surface area contributed by atoms with Gasteiger partial charge in [-0.3, -0.25) is 4.79 Å². The number of sulfone groups is 1. The zero-order valence-electron chi connectivity index (χ0n) is 15.9. The van der Waals surface area contributed by atoms with Crippen LogP contribution >= 0.6 is 11.3 Å². The third kappa shape index (κ3) is 4.44. The van der Waals surface area contributed by atoms with Crippen molar-refractivity contribution in [2.24, 2.45) is 5.92 Å². The average Bonchev–Trinajstić information content (AvgIpc) is 3.03. The Kier molecular flexibility index (Phi) is 6.20. The van der Waals surface area contributed by atoms with Crippen LogP contribution in [0.25, 0.3) is 0 Å². The summed E-state index contributed by atoms with van der Waals surface area (Å²) in [5, 5.41) is 3.19. The van der Waals surface area contributed by atoms with Crippen LogP contribution in [0.4, 0.5) is 5.00 Å². The van der Waals surface area contributed by atoms with Gasteiger partial charge < -0.3 is 10.1 Å². The van der Waals surface area contributed by atoms with Gasteiger partial charge in [0.05, 0.1) is 23.3 Å². The van der Waals surface area contributed by atoms with Crippen molar-refractivity contribution in [1.29, 1.82) is 0 Å². The van der Waals surface area contributed by atoms with Gasteiger partial charge in [-0.2, -0.15) is 0 Å². The SMILES string of the molecule is COC(=O)c1c(NC(=O)CCS(=O)(=O)c2ccccc2)sc2c1CCC(C)C2. The van der Waals surface area contributed by atoms with Crippen LogP contribution in [-0.4, -0.2) is 33.2 Å². The first-order chi connectivity index (χ1) is 13.3. The van der Waals surface area contributed by atoms with Crippen molar-refractivity contribution in [3.63, 3.8) is 0 Å². The summed E-state index contributed by atoms with van der Waals surface area (Å²) in [6, 6.07) is 8.05. The lowest BCUT2D eigenvalue weighted by atomic mass is 9.88. The van der Waals surface area contributed by atoms with E-state index in [1.165, 1.54) is 30.6 Å². The number of hydrogen-bond acceptors (Lipinski definition) is 6. The monoisotopic (exact) mass is 421 g/mol. The molecule has 0 fully saturated rings. The summed E-state index contributed by atoms with van der Waals surface area (Å²) < 4.78 is 29.6. The van der Waals surface area contributed by atoms with Gasteiger partial charge in [-0.1, -0.05) is 25.1 Å². The molecule has 1 aliphatic carbocycles. The number of esters is 1. The second-order valence-electron chi connectivity index (χ2n) is 6.98. The topological polar surface area (TPSA) is 89.5 Å². The molecular weight excluding hydrogens is 398 g/mol. The predicted octanol–water partition coefficient (Wildman–Crippen LogP) is 3.46. The Morgan fingerprint density at radius 2 is 1.96 bits per heavy atom. The Hall–Kier alpha value is -2.19. The highest BCUT2D eigenvalue weighted by Gasteiger charge is 2.29. The minimum absolute atomic E-state index is 0.184. The highest BCUT2D eigenvalue weighted by Crippen LogP contribution is 2.40. The first-order valence-electron chi connectivity index (χ1n) is 9.12. The van der Waals surface area contributed by atoms with Crippen molar-refractivity contribution < 1.29 is 22.7 Å². The summed E-state index contributed by atoms with van der Waals surface area (Å²) in [5.74, 6) is -0.676. The van der Waals surface area contributed by atoms with Crippen LogP contribution in [0, 0.1) is 5.92 Å². The van der Waals surface area contributed by atoms with Gasteiger partial charge >= 0.3 is 5.97 Å². The molecule has 0 radical (unpaired) electrons. The molecule has 1 aliphatic rings. The number of nitrogens with one attached hydrogen (secondary N) is 1. The van der Waals surface area contributed by atoms with Crippen molar-refractivity contribution >= 4 is 38.1 Å². The van der Waals surface area contributed by atoms with Gasteiger partial charge in [0.15, 0.2) is 9.84 Å². The van der Waals surface area contributed by atoms with E-state index in [0.29, 0.717) is 16.5 Å². The van der Waals surface area contributed by atoms with Gasteiger partial charge in [0.25, 0.3) is 0 Å². The Balaban J connectivity index is 1.74. The Labute approximate surface area is 168 Å². The molecule has 0 spiro atoms. The predicted molar refractivity (Wildman–Crippen MR) is 109 cm³/mol. The lowest BCUT2D eigenvalue weighted by Gasteiger charge is -2.18. The van der Waals surface area contributed by atoms with Gasteiger partial charge in [-0.25, -0.2) is 13.2 Å². The molecule has 0 saturated carbocycles. The Bertz CT molecular complexity index is 980. The van der Waals surface area contributed by atoms with Gasteiger partial charge in [-0.15, -0.1) is 11.3 Å². The van der Waals surface area contributed by atoms with E-state index in [1.807, 2.05) is 0 Å². The Morgan fingerprint density at radius 1 is 1.25 bits per heavy atom. The molecular formula is C20H23NO5S2. The standard InChI is InChI=1S/C20H23NO5S2/c1-13-8-9-15-16(12-13)27-19(18(15)20(23)26-2)21-17(22)10-11-28(24,25)14-6-4-3-5-7-14/h3-7,13H,8-12H2,1-2H3,(H,21,22). The third-order valence-electron chi connectivity index (χ3n) is 4.85. The highest BCUT2D eigenvalue weighted by molar-refractivity contribution is 7.91. The van der Waals surface area contributed by atoms with Crippen LogP contribution in [0.15, 0.2) is 35.2 Å². The van der Waals surface area contributed by atoms with Crippen LogP contribution in [0.1, 0.15) is 40.6 Å². The molecule has 2 aromatic rings. The maximum atomic E-state index is 12.4. The number of ether oxygens (including phenoxy) is 1. The fourth-order valence-electron chi connectivity index (χ4n) is 3.32. The number of carbonyl (C=O) groups excluding carboxylic acids is 2. The molecule has 1 aromatic carbocycles. The van der Waals surface area contributed by atoms with Crippen molar-refractivity contribution in [3.8, 4) is 0 Å². The minimum Gasteiger partial charge on any atom is -0.465 e. The fraction of sp³-hybridized carbons (Fsp3) is 0.400.